The number of hydrogen-bond donors (Lipinski definition) is 2. The number of rotatable bonds is 13. The van der Waals surface area contributed by atoms with Crippen molar-refractivity contribution in [2.45, 2.75) is 76.7 Å². The van der Waals surface area contributed by atoms with Crippen LogP contribution < -0.4 is 4.72 Å². The highest BCUT2D eigenvalue weighted by atomic mass is 32.2. The van der Waals surface area contributed by atoms with Gasteiger partial charge in [-0.3, -0.25) is 4.79 Å². The van der Waals surface area contributed by atoms with Gasteiger partial charge in [0.25, 0.3) is 12.3 Å². The van der Waals surface area contributed by atoms with Crippen LogP contribution in [0.5, 0.6) is 0 Å². The first kappa shape index (κ1) is 31.0. The molecule has 1 aliphatic rings. The van der Waals surface area contributed by atoms with Gasteiger partial charge < -0.3 is 9.52 Å². The summed E-state index contributed by atoms with van der Waals surface area (Å²) in [5.74, 6) is -2.45. The number of nitrogens with one attached hydrogen (secondary N) is 1. The van der Waals surface area contributed by atoms with E-state index in [0.717, 1.165) is 42.7 Å². The van der Waals surface area contributed by atoms with Gasteiger partial charge >= 0.3 is 5.97 Å². The second-order valence-corrected chi connectivity index (χ2v) is 13.4. The summed E-state index contributed by atoms with van der Waals surface area (Å²) in [5, 5.41) is 17.4. The van der Waals surface area contributed by atoms with Crippen LogP contribution in [0.2, 0.25) is 0 Å². The molecule has 4 rings (SSSR count). The minimum Gasteiger partial charge on any atom is -0.481 e. The lowest BCUT2D eigenvalue weighted by Gasteiger charge is -2.25. The van der Waals surface area contributed by atoms with Crippen LogP contribution in [-0.4, -0.2) is 47.4 Å². The minimum atomic E-state index is -4.64. The Hall–Kier alpha value is -2.91. The van der Waals surface area contributed by atoms with Crippen molar-refractivity contribution in [2.75, 3.05) is 6.67 Å². The number of benzene rings is 1. The molecule has 0 bridgehead atoms. The molecule has 2 aromatic heterocycles. The van der Waals surface area contributed by atoms with Gasteiger partial charge in [0.2, 0.25) is 15.9 Å². The van der Waals surface area contributed by atoms with Gasteiger partial charge in [-0.2, -0.15) is 0 Å². The number of sulfonamides is 1. The lowest BCUT2D eigenvalue weighted by Crippen LogP contribution is -2.36. The maximum atomic E-state index is 15.6. The van der Waals surface area contributed by atoms with Crippen LogP contribution in [0.4, 0.5) is 17.6 Å². The summed E-state index contributed by atoms with van der Waals surface area (Å²) in [6.45, 7) is 3.48. The summed E-state index contributed by atoms with van der Waals surface area (Å²) in [6.07, 6.45) is -0.110. The average Bonchev–Trinajstić information content (AvgIpc) is 3.50. The SMILES string of the molecule is CC[C@@H](CF)NS(=O)(=O)c1ccc(-c2sc(-c3nnc(CC(C)(C)C(=O)O)o3)nc2CC2CCC2)c(C(F)F)c1F. The third kappa shape index (κ3) is 6.61. The van der Waals surface area contributed by atoms with Gasteiger partial charge in [-0.05, 0) is 38.7 Å². The fourth-order valence-electron chi connectivity index (χ4n) is 4.33. The molecule has 2 heterocycles. The Morgan fingerprint density at radius 1 is 1.27 bits per heavy atom. The van der Waals surface area contributed by atoms with Crippen LogP contribution >= 0.6 is 11.3 Å². The number of alkyl halides is 3. The Morgan fingerprint density at radius 3 is 2.54 bits per heavy atom. The number of carbonyl (C=O) groups is 1. The van der Waals surface area contributed by atoms with E-state index in [9.17, 15) is 31.5 Å². The van der Waals surface area contributed by atoms with Crippen molar-refractivity contribution in [1.29, 1.82) is 0 Å². The van der Waals surface area contributed by atoms with Crippen LogP contribution in [0.25, 0.3) is 21.3 Å². The summed E-state index contributed by atoms with van der Waals surface area (Å²) < 4.78 is 90.6. The fraction of sp³-hybridized carbons (Fsp3) is 0.538. The number of aliphatic carboxylic acids is 1. The summed E-state index contributed by atoms with van der Waals surface area (Å²) >= 11 is 0.913. The number of thiazole rings is 1. The van der Waals surface area contributed by atoms with Crippen LogP contribution in [0.15, 0.2) is 21.4 Å². The topological polar surface area (TPSA) is 135 Å². The minimum absolute atomic E-state index is 0.0460. The van der Waals surface area contributed by atoms with Crippen molar-refractivity contribution in [3.05, 3.63) is 35.1 Å². The van der Waals surface area contributed by atoms with Crippen molar-refractivity contribution in [1.82, 2.24) is 19.9 Å². The van der Waals surface area contributed by atoms with Gasteiger partial charge in [0, 0.05) is 12.0 Å². The molecule has 1 saturated carbocycles. The zero-order valence-corrected chi connectivity index (χ0v) is 24.2. The highest BCUT2D eigenvalue weighted by Gasteiger charge is 2.33. The third-order valence-electron chi connectivity index (χ3n) is 7.12. The van der Waals surface area contributed by atoms with E-state index in [-0.39, 0.29) is 46.0 Å². The summed E-state index contributed by atoms with van der Waals surface area (Å²) in [7, 11) is -4.64. The molecule has 0 amide bonds. The molecule has 1 aliphatic carbocycles. The van der Waals surface area contributed by atoms with E-state index in [1.54, 1.807) is 0 Å². The molecular weight excluding hydrogens is 588 g/mol. The summed E-state index contributed by atoms with van der Waals surface area (Å²) in [4.78, 5) is 15.2. The zero-order valence-electron chi connectivity index (χ0n) is 22.6. The van der Waals surface area contributed by atoms with Crippen molar-refractivity contribution >= 4 is 27.3 Å². The van der Waals surface area contributed by atoms with Crippen LogP contribution in [0, 0.1) is 17.2 Å². The van der Waals surface area contributed by atoms with Crippen LogP contribution in [0.3, 0.4) is 0 Å². The molecular formula is C26H30F4N4O5S2. The van der Waals surface area contributed by atoms with Gasteiger partial charge in [0.15, 0.2) is 10.8 Å². The van der Waals surface area contributed by atoms with E-state index in [0.29, 0.717) is 12.1 Å². The Bertz CT molecular complexity index is 1520. The highest BCUT2D eigenvalue weighted by Crippen LogP contribution is 2.44. The molecule has 2 N–H and O–H groups in total. The van der Waals surface area contributed by atoms with Crippen molar-refractivity contribution < 1.29 is 40.3 Å². The molecule has 15 heteroatoms. The highest BCUT2D eigenvalue weighted by molar-refractivity contribution is 7.89. The normalized spacial score (nSPS) is 15.3. The maximum Gasteiger partial charge on any atom is 0.309 e. The lowest BCUT2D eigenvalue weighted by atomic mass is 9.81. The number of hydrogen-bond acceptors (Lipinski definition) is 8. The zero-order chi connectivity index (χ0) is 30.1. The van der Waals surface area contributed by atoms with E-state index in [1.807, 2.05) is 4.72 Å². The summed E-state index contributed by atoms with van der Waals surface area (Å²) in [5.41, 5.74) is -2.12. The molecule has 0 radical (unpaired) electrons. The predicted octanol–water partition coefficient (Wildman–Crippen LogP) is 5.96. The Morgan fingerprint density at radius 2 is 1.98 bits per heavy atom. The second-order valence-electron chi connectivity index (χ2n) is 10.7. The first-order valence-electron chi connectivity index (χ1n) is 13.0. The van der Waals surface area contributed by atoms with Crippen LogP contribution in [-0.2, 0) is 27.7 Å². The molecule has 0 unspecified atom stereocenters. The standard InChI is InChI=1S/C26H30F4N4O5S2/c1-4-14(12-27)34-41(37,38)17-9-8-15(19(20(17)28)22(29)30)21-16(10-13-6-5-7-13)31-24(40-21)23-33-32-18(39-23)11-26(2,3)25(35)36/h8-9,13-14,22,34H,4-7,10-12H2,1-3H3,(H,35,36)/t14-/m0/s1. The van der Waals surface area contributed by atoms with Gasteiger partial charge in [0.05, 0.1) is 27.6 Å². The Labute approximate surface area is 238 Å². The first-order valence-corrected chi connectivity index (χ1v) is 15.3. The van der Waals surface area contributed by atoms with Crippen molar-refractivity contribution in [3.63, 3.8) is 0 Å². The number of nitrogens with zero attached hydrogens (tertiary/aromatic N) is 3. The molecule has 0 spiro atoms. The molecule has 1 aromatic carbocycles. The molecule has 9 nitrogen and oxygen atoms in total. The Balaban J connectivity index is 1.79. The van der Waals surface area contributed by atoms with Crippen molar-refractivity contribution in [2.24, 2.45) is 11.3 Å². The molecule has 1 fully saturated rings. The lowest BCUT2D eigenvalue weighted by molar-refractivity contribution is -0.147. The Kier molecular flexibility index (Phi) is 9.19. The van der Waals surface area contributed by atoms with Gasteiger partial charge in [-0.15, -0.1) is 21.5 Å². The van der Waals surface area contributed by atoms with E-state index in [2.05, 4.69) is 15.2 Å². The largest absolute Gasteiger partial charge is 0.481 e. The predicted molar refractivity (Wildman–Crippen MR) is 142 cm³/mol. The molecule has 3 aromatic rings. The number of halogens is 4. The number of carboxylic acids is 1. The molecule has 41 heavy (non-hydrogen) atoms. The monoisotopic (exact) mass is 618 g/mol. The van der Waals surface area contributed by atoms with Gasteiger partial charge in [-0.1, -0.05) is 32.3 Å². The van der Waals surface area contributed by atoms with Gasteiger partial charge in [0.1, 0.15) is 11.6 Å². The molecule has 1 atom stereocenters. The summed E-state index contributed by atoms with van der Waals surface area (Å²) in [6, 6.07) is 0.855. The quantitative estimate of drug-likeness (QED) is 0.224. The number of aromatic nitrogens is 3. The molecule has 0 aliphatic heterocycles. The maximum absolute atomic E-state index is 15.6. The van der Waals surface area contributed by atoms with Crippen LogP contribution in [0.1, 0.15) is 70.0 Å². The van der Waals surface area contributed by atoms with E-state index in [4.69, 9.17) is 4.42 Å². The smallest absolute Gasteiger partial charge is 0.309 e. The van der Waals surface area contributed by atoms with E-state index < -0.39 is 56.8 Å². The van der Waals surface area contributed by atoms with E-state index >= 15 is 4.39 Å². The molecule has 0 saturated heterocycles. The second kappa shape index (κ2) is 12.1. The molecule has 224 valence electrons. The first-order chi connectivity index (χ1) is 19.3. The van der Waals surface area contributed by atoms with E-state index in [1.165, 1.54) is 20.8 Å². The number of carboxylic acid groups (broad SMARTS) is 1. The van der Waals surface area contributed by atoms with Gasteiger partial charge in [-0.25, -0.2) is 35.7 Å². The fourth-order valence-corrected chi connectivity index (χ4v) is 6.77. The third-order valence-corrected chi connectivity index (χ3v) is 9.78. The van der Waals surface area contributed by atoms with Crippen molar-refractivity contribution in [3.8, 4) is 21.3 Å². The average molecular weight is 619 g/mol.